The van der Waals surface area contributed by atoms with Crippen molar-refractivity contribution in [3.8, 4) is 23.0 Å². The number of hydrogen-bond donors (Lipinski definition) is 5. The summed E-state index contributed by atoms with van der Waals surface area (Å²) in [6.45, 7) is 10.7. The van der Waals surface area contributed by atoms with Crippen molar-refractivity contribution in [2.75, 3.05) is 44.5 Å². The zero-order chi connectivity index (χ0) is 49.2. The minimum atomic E-state index is -0.831. The molecule has 21 nitrogen and oxygen atoms in total. The number of primary amides is 2. The molecule has 0 spiro atoms. The second kappa shape index (κ2) is 22.7. The van der Waals surface area contributed by atoms with Gasteiger partial charge in [0.15, 0.2) is 5.82 Å². The number of carboxylic acids is 1. The Bertz CT molecular complexity index is 3040. The molecule has 0 aliphatic heterocycles. The number of fused-ring (bicyclic) bond motifs is 4. The number of nitrogens with one attached hydrogen (secondary N) is 2. The lowest BCUT2D eigenvalue weighted by molar-refractivity contribution is -0.137. The highest BCUT2D eigenvalue weighted by Crippen LogP contribution is 2.37. The largest absolute Gasteiger partial charge is 0.491 e. The number of rotatable bonds is 26. The van der Waals surface area contributed by atoms with Crippen molar-refractivity contribution in [2.45, 2.75) is 79.6 Å². The number of aryl methyl sites for hydroxylation is 4. The van der Waals surface area contributed by atoms with Crippen LogP contribution in [0.15, 0.2) is 54.7 Å². The molecule has 3 amide bonds. The summed E-state index contributed by atoms with van der Waals surface area (Å²) in [6.07, 6.45) is 7.42. The molecule has 0 radical (unpaired) electrons. The number of amides is 3. The first-order chi connectivity index (χ1) is 33.3. The van der Waals surface area contributed by atoms with Crippen molar-refractivity contribution < 1.29 is 38.5 Å². The lowest BCUT2D eigenvalue weighted by Gasteiger charge is -2.13. The summed E-state index contributed by atoms with van der Waals surface area (Å²) in [7, 11) is 1.62. The molecule has 0 unspecified atom stereocenters. The summed E-state index contributed by atoms with van der Waals surface area (Å²) in [5.41, 5.74) is 16.8. The number of carbonyl (C=O) groups excluding carboxylic acids is 3. The molecule has 0 aliphatic carbocycles. The van der Waals surface area contributed by atoms with Crippen molar-refractivity contribution in [3.05, 3.63) is 83.0 Å². The third-order valence-electron chi connectivity index (χ3n) is 11.0. The molecule has 364 valence electrons. The Kier molecular flexibility index (Phi) is 16.3. The van der Waals surface area contributed by atoms with E-state index in [0.717, 1.165) is 11.4 Å². The normalized spacial score (nSPS) is 11.7. The summed E-state index contributed by atoms with van der Waals surface area (Å²) in [6, 6.07) is 10.1. The molecular weight excluding hydrogens is 907 g/mol. The Morgan fingerprint density at radius 3 is 2.14 bits per heavy atom. The molecule has 5 heterocycles. The predicted molar refractivity (Wildman–Crippen MR) is 263 cm³/mol. The van der Waals surface area contributed by atoms with Crippen molar-refractivity contribution in [3.63, 3.8) is 0 Å². The second-order valence-electron chi connectivity index (χ2n) is 16.1. The Balaban J connectivity index is 1.28. The van der Waals surface area contributed by atoms with Gasteiger partial charge in [0.2, 0.25) is 17.8 Å². The molecule has 22 heteroatoms. The first kappa shape index (κ1) is 49.6. The van der Waals surface area contributed by atoms with E-state index in [1.165, 1.54) is 11.9 Å². The third kappa shape index (κ3) is 11.5. The zero-order valence-corrected chi connectivity index (χ0v) is 40.1. The lowest BCUT2D eigenvalue weighted by Crippen LogP contribution is -2.20. The van der Waals surface area contributed by atoms with E-state index in [0.29, 0.717) is 120 Å². The third-order valence-corrected chi connectivity index (χ3v) is 11.9. The van der Waals surface area contributed by atoms with E-state index in [1.807, 2.05) is 55.2 Å². The highest BCUT2D eigenvalue weighted by molar-refractivity contribution is 7.97. The molecule has 7 aromatic rings. The van der Waals surface area contributed by atoms with Gasteiger partial charge >= 0.3 is 5.97 Å². The average Bonchev–Trinajstić information content (AvgIpc) is 4.09. The predicted octanol–water partition coefficient (Wildman–Crippen LogP) is 5.64. The summed E-state index contributed by atoms with van der Waals surface area (Å²) in [5.74, 6) is -0.490. The number of imidazole rings is 1. The Morgan fingerprint density at radius 1 is 0.783 bits per heavy atom. The molecule has 5 aromatic heterocycles. The van der Waals surface area contributed by atoms with E-state index in [9.17, 15) is 19.2 Å². The van der Waals surface area contributed by atoms with Gasteiger partial charge in [-0.05, 0) is 76.9 Å². The Hall–Kier alpha value is -7.30. The number of carboxylic acid groups (broad SMARTS) is 1. The number of ether oxygens (including phenoxy) is 3. The van der Waals surface area contributed by atoms with Crippen LogP contribution in [-0.4, -0.2) is 112 Å². The molecule has 7 rings (SSSR count). The van der Waals surface area contributed by atoms with E-state index in [-0.39, 0.29) is 43.2 Å². The highest BCUT2D eigenvalue weighted by Gasteiger charge is 2.24. The summed E-state index contributed by atoms with van der Waals surface area (Å²) in [4.78, 5) is 64.8. The van der Waals surface area contributed by atoms with Gasteiger partial charge in [-0.2, -0.15) is 10.2 Å². The highest BCUT2D eigenvalue weighted by atomic mass is 32.2. The van der Waals surface area contributed by atoms with Gasteiger partial charge in [0.1, 0.15) is 34.1 Å². The molecule has 0 atom stereocenters. The number of anilines is 1. The van der Waals surface area contributed by atoms with Gasteiger partial charge < -0.3 is 39.9 Å². The van der Waals surface area contributed by atoms with Crippen LogP contribution in [0.1, 0.15) is 82.1 Å². The van der Waals surface area contributed by atoms with Crippen LogP contribution in [0, 0.1) is 13.8 Å². The SMILES string of the molecule is CCn1nc(C)cc1C(=O)Nc1nc2cc(C(N)=O)cc(OCCCNSCCCC(=O)O)c2n1C/C=C/Cn1c2nc(-c3cc(C)nn3CC)ncc2c2cc(C(N)=O)cc(OCCCOC)c21. The van der Waals surface area contributed by atoms with Crippen LogP contribution in [0.4, 0.5) is 5.95 Å². The van der Waals surface area contributed by atoms with Gasteiger partial charge in [-0.15, -0.1) is 0 Å². The average molecular weight is 964 g/mol. The van der Waals surface area contributed by atoms with Crippen LogP contribution in [0.3, 0.4) is 0 Å². The van der Waals surface area contributed by atoms with Crippen molar-refractivity contribution >= 4 is 74.6 Å². The number of aliphatic carboxylic acids is 1. The smallest absolute Gasteiger partial charge is 0.303 e. The van der Waals surface area contributed by atoms with Gasteiger partial charge in [0.05, 0.1) is 35.6 Å². The minimum absolute atomic E-state index is 0.102. The number of nitrogens with two attached hydrogens (primary N) is 2. The molecule has 0 fully saturated rings. The van der Waals surface area contributed by atoms with E-state index < -0.39 is 23.7 Å². The summed E-state index contributed by atoms with van der Waals surface area (Å²) < 4.78 is 28.4. The molecular formula is C47H57N13O8S. The van der Waals surface area contributed by atoms with E-state index >= 15 is 0 Å². The molecule has 0 bridgehead atoms. The Morgan fingerprint density at radius 2 is 1.45 bits per heavy atom. The summed E-state index contributed by atoms with van der Waals surface area (Å²) in [5, 5.41) is 22.3. The fraction of sp³-hybridized carbons (Fsp3) is 0.383. The molecule has 2 aromatic carbocycles. The van der Waals surface area contributed by atoms with Crippen LogP contribution in [-0.2, 0) is 35.7 Å². The molecule has 0 saturated carbocycles. The zero-order valence-electron chi connectivity index (χ0n) is 39.3. The maximum atomic E-state index is 13.9. The van der Waals surface area contributed by atoms with Gasteiger partial charge in [0.25, 0.3) is 5.91 Å². The van der Waals surface area contributed by atoms with Crippen LogP contribution < -0.4 is 31.0 Å². The van der Waals surface area contributed by atoms with Gasteiger partial charge in [0, 0.05) is 93.1 Å². The quantitative estimate of drug-likeness (QED) is 0.0249. The van der Waals surface area contributed by atoms with E-state index in [1.54, 1.807) is 52.9 Å². The number of nitrogens with zero attached hydrogens (tertiary/aromatic N) is 9. The van der Waals surface area contributed by atoms with Crippen LogP contribution in [0.5, 0.6) is 11.5 Å². The molecule has 69 heavy (non-hydrogen) atoms. The first-order valence-electron chi connectivity index (χ1n) is 22.6. The maximum Gasteiger partial charge on any atom is 0.303 e. The van der Waals surface area contributed by atoms with Gasteiger partial charge in [-0.25, -0.2) is 15.0 Å². The van der Waals surface area contributed by atoms with Gasteiger partial charge in [-0.3, -0.25) is 38.6 Å². The lowest BCUT2D eigenvalue weighted by atomic mass is 10.1. The van der Waals surface area contributed by atoms with E-state index in [2.05, 4.69) is 20.2 Å². The van der Waals surface area contributed by atoms with Crippen molar-refractivity contribution in [1.29, 1.82) is 0 Å². The molecule has 0 aliphatic rings. The molecule has 7 N–H and O–H groups in total. The minimum Gasteiger partial charge on any atom is -0.491 e. The first-order valence-corrected chi connectivity index (χ1v) is 23.6. The fourth-order valence-electron chi connectivity index (χ4n) is 7.89. The number of benzene rings is 2. The second-order valence-corrected chi connectivity index (χ2v) is 17.1. The van der Waals surface area contributed by atoms with Crippen LogP contribution in [0.25, 0.3) is 44.5 Å². The van der Waals surface area contributed by atoms with Crippen molar-refractivity contribution in [2.24, 2.45) is 11.5 Å². The number of hydrogen-bond acceptors (Lipinski definition) is 14. The standard InChI is InChI=1S/C47H57N13O8S/c1-6-59-35(21-28(3)55-59)44-50-27-33-32-23-30(42(48)63)25-37(68-19-12-17-66-5)40(32)57(45(33)53-44)15-8-9-16-58-41-34(52-47(58)54-46(65)36-22-29(4)56-60(36)7-2)24-31(43(49)64)26-38(41)67-18-11-14-51-69-20-10-13-39(61)62/h8-9,21-27,51H,6-7,10-20H2,1-5H3,(H2,48,63)(H2,49,64)(H,61,62)(H,52,54,65)/b9-8+. The maximum absolute atomic E-state index is 13.9. The van der Waals surface area contributed by atoms with Crippen LogP contribution in [0.2, 0.25) is 0 Å². The number of allylic oxidation sites excluding steroid dienone is 2. The number of methoxy groups -OCH3 is 1. The Labute approximate surface area is 401 Å². The number of carbonyl (C=O) groups is 4. The number of aromatic nitrogens is 9. The summed E-state index contributed by atoms with van der Waals surface area (Å²) >= 11 is 1.44. The molecule has 0 saturated heterocycles. The van der Waals surface area contributed by atoms with Crippen molar-refractivity contribution in [1.82, 2.24) is 48.4 Å². The van der Waals surface area contributed by atoms with Crippen LogP contribution >= 0.6 is 11.9 Å². The van der Waals surface area contributed by atoms with E-state index in [4.69, 9.17) is 45.7 Å². The van der Waals surface area contributed by atoms with Gasteiger partial charge in [-0.1, -0.05) is 24.1 Å². The topological polar surface area (TPSA) is 276 Å². The monoisotopic (exact) mass is 963 g/mol. The fourth-order valence-corrected chi connectivity index (χ4v) is 8.61.